The normalized spacial score (nSPS) is 16.2. The number of nitrogens with one attached hydrogen (secondary N) is 2. The van der Waals surface area contributed by atoms with Gasteiger partial charge >= 0.3 is 5.69 Å². The molecule has 0 amide bonds. The number of H-pyrrole nitrogens is 1. The molecule has 0 spiro atoms. The van der Waals surface area contributed by atoms with Crippen molar-refractivity contribution in [2.45, 2.75) is 39.7 Å². The van der Waals surface area contributed by atoms with E-state index >= 15 is 0 Å². The van der Waals surface area contributed by atoms with Gasteiger partial charge in [0.05, 0.1) is 0 Å². The molecule has 7 heteroatoms. The summed E-state index contributed by atoms with van der Waals surface area (Å²) in [5.41, 5.74) is 5.33. The van der Waals surface area contributed by atoms with Crippen LogP contribution in [0.15, 0.2) is 9.59 Å². The zero-order valence-corrected chi connectivity index (χ0v) is 12.6. The van der Waals surface area contributed by atoms with Crippen LogP contribution in [-0.4, -0.2) is 27.8 Å². The molecule has 5 N–H and O–H groups in total. The smallest absolute Gasteiger partial charge is 0.330 e. The molecule has 0 atom stereocenters. The van der Waals surface area contributed by atoms with Crippen LogP contribution in [0.1, 0.15) is 33.1 Å². The Hall–Kier alpha value is -1.76. The first-order valence-electron chi connectivity index (χ1n) is 7.36. The van der Waals surface area contributed by atoms with Crippen LogP contribution < -0.4 is 22.3 Å². The Labute approximate surface area is 123 Å². The number of rotatable bonds is 7. The Morgan fingerprint density at radius 3 is 2.62 bits per heavy atom. The monoisotopic (exact) mass is 296 g/mol. The minimum absolute atomic E-state index is 0.0621. The van der Waals surface area contributed by atoms with Crippen molar-refractivity contribution in [2.24, 2.45) is 11.3 Å². The van der Waals surface area contributed by atoms with Crippen molar-refractivity contribution in [1.82, 2.24) is 9.55 Å². The molecule has 1 fully saturated rings. The molecule has 21 heavy (non-hydrogen) atoms. The van der Waals surface area contributed by atoms with Crippen LogP contribution in [0.3, 0.4) is 0 Å². The Bertz CT molecular complexity index is 614. The van der Waals surface area contributed by atoms with Crippen molar-refractivity contribution in [3.63, 3.8) is 0 Å². The van der Waals surface area contributed by atoms with Crippen molar-refractivity contribution < 1.29 is 5.11 Å². The fraction of sp³-hybridized carbons (Fsp3) is 0.714. The van der Waals surface area contributed by atoms with Crippen molar-refractivity contribution in [1.29, 1.82) is 0 Å². The van der Waals surface area contributed by atoms with Crippen molar-refractivity contribution in [3.8, 4) is 0 Å². The predicted molar refractivity (Wildman–Crippen MR) is 82.4 cm³/mol. The molecule has 1 aromatic rings. The molecule has 2 rings (SSSR count). The summed E-state index contributed by atoms with van der Waals surface area (Å²) in [7, 11) is 0. The molecule has 0 bridgehead atoms. The van der Waals surface area contributed by atoms with E-state index in [4.69, 9.17) is 10.8 Å². The van der Waals surface area contributed by atoms with E-state index in [1.165, 1.54) is 4.57 Å². The van der Waals surface area contributed by atoms with E-state index in [0.29, 0.717) is 19.5 Å². The molecule has 1 aromatic heterocycles. The molecule has 0 aliphatic heterocycles. The number of anilines is 2. The Kier molecular flexibility index (Phi) is 4.41. The number of hydrogen-bond acceptors (Lipinski definition) is 5. The van der Waals surface area contributed by atoms with Crippen LogP contribution in [-0.2, 0) is 6.54 Å². The standard InChI is InChI=1S/C14H24N4O3/c1-9(2)7-18-11(15)10(12(20)17-13(18)21)16-8-14(3-4-14)5-6-19/h9,16,19H,3-8,15H2,1-2H3,(H,17,20,21). The summed E-state index contributed by atoms with van der Waals surface area (Å²) in [4.78, 5) is 26.1. The number of aliphatic hydroxyl groups excluding tert-OH is 1. The highest BCUT2D eigenvalue weighted by atomic mass is 16.3. The molecule has 0 saturated heterocycles. The number of nitrogen functional groups attached to an aromatic ring is 1. The molecule has 118 valence electrons. The van der Waals surface area contributed by atoms with E-state index in [1.54, 1.807) is 0 Å². The van der Waals surface area contributed by atoms with Gasteiger partial charge in [-0.2, -0.15) is 0 Å². The highest BCUT2D eigenvalue weighted by molar-refractivity contribution is 5.60. The number of nitrogens with two attached hydrogens (primary N) is 1. The maximum Gasteiger partial charge on any atom is 0.330 e. The van der Waals surface area contributed by atoms with Gasteiger partial charge in [-0.05, 0) is 30.6 Å². The quantitative estimate of drug-likeness (QED) is 0.580. The topological polar surface area (TPSA) is 113 Å². The summed E-state index contributed by atoms with van der Waals surface area (Å²) in [5, 5.41) is 12.1. The number of aliphatic hydroxyl groups is 1. The first kappa shape index (κ1) is 15.6. The lowest BCUT2D eigenvalue weighted by Crippen LogP contribution is -2.35. The zero-order chi connectivity index (χ0) is 15.6. The van der Waals surface area contributed by atoms with Crippen molar-refractivity contribution in [2.75, 3.05) is 24.2 Å². The highest BCUT2D eigenvalue weighted by Gasteiger charge is 2.41. The van der Waals surface area contributed by atoms with E-state index in [-0.39, 0.29) is 29.4 Å². The Morgan fingerprint density at radius 2 is 2.10 bits per heavy atom. The molecular weight excluding hydrogens is 272 g/mol. The van der Waals surface area contributed by atoms with E-state index in [1.807, 2.05) is 13.8 Å². The van der Waals surface area contributed by atoms with Crippen molar-refractivity contribution in [3.05, 3.63) is 20.8 Å². The Balaban J connectivity index is 2.23. The van der Waals surface area contributed by atoms with Gasteiger partial charge in [0.25, 0.3) is 5.56 Å². The third-order valence-electron chi connectivity index (χ3n) is 4.03. The SMILES string of the molecule is CC(C)Cn1c(N)c(NCC2(CCO)CC2)c(=O)[nH]c1=O. The second kappa shape index (κ2) is 5.93. The van der Waals surface area contributed by atoms with Crippen LogP contribution in [0.4, 0.5) is 11.5 Å². The third-order valence-corrected chi connectivity index (χ3v) is 4.03. The fourth-order valence-electron chi connectivity index (χ4n) is 2.51. The van der Waals surface area contributed by atoms with E-state index in [2.05, 4.69) is 10.3 Å². The zero-order valence-electron chi connectivity index (χ0n) is 12.6. The van der Waals surface area contributed by atoms with Gasteiger partial charge in [0, 0.05) is 19.7 Å². The first-order chi connectivity index (χ1) is 9.88. The summed E-state index contributed by atoms with van der Waals surface area (Å²) < 4.78 is 1.39. The lowest BCUT2D eigenvalue weighted by molar-refractivity contribution is 0.253. The maximum atomic E-state index is 11.9. The predicted octanol–water partition coefficient (Wildman–Crippen LogP) is 0.349. The average Bonchev–Trinajstić information content (AvgIpc) is 3.14. The van der Waals surface area contributed by atoms with Crippen LogP contribution in [0, 0.1) is 11.3 Å². The minimum Gasteiger partial charge on any atom is -0.396 e. The fourth-order valence-corrected chi connectivity index (χ4v) is 2.51. The summed E-state index contributed by atoms with van der Waals surface area (Å²) in [6.45, 7) is 5.13. The molecule has 0 radical (unpaired) electrons. The number of nitrogens with zero attached hydrogens (tertiary/aromatic N) is 1. The van der Waals surface area contributed by atoms with Crippen LogP contribution in [0.25, 0.3) is 0 Å². The van der Waals surface area contributed by atoms with Gasteiger partial charge in [-0.25, -0.2) is 4.79 Å². The summed E-state index contributed by atoms with van der Waals surface area (Å²) >= 11 is 0. The molecule has 1 aliphatic rings. The molecule has 1 heterocycles. The van der Waals surface area contributed by atoms with E-state index in [0.717, 1.165) is 12.8 Å². The van der Waals surface area contributed by atoms with E-state index in [9.17, 15) is 9.59 Å². The molecule has 7 nitrogen and oxygen atoms in total. The summed E-state index contributed by atoms with van der Waals surface area (Å²) in [6.07, 6.45) is 2.78. The molecule has 0 aromatic carbocycles. The Morgan fingerprint density at radius 1 is 1.43 bits per heavy atom. The maximum absolute atomic E-state index is 11.9. The minimum atomic E-state index is -0.489. The molecule has 0 unspecified atom stereocenters. The molecular formula is C14H24N4O3. The van der Waals surface area contributed by atoms with Crippen LogP contribution >= 0.6 is 0 Å². The lowest BCUT2D eigenvalue weighted by atomic mass is 10.0. The average molecular weight is 296 g/mol. The van der Waals surface area contributed by atoms with Gasteiger partial charge in [0.2, 0.25) is 0 Å². The number of hydrogen-bond donors (Lipinski definition) is 4. The second-order valence-corrected chi connectivity index (χ2v) is 6.35. The van der Waals surface area contributed by atoms with Gasteiger partial charge in [-0.15, -0.1) is 0 Å². The number of aromatic nitrogens is 2. The molecule has 1 aliphatic carbocycles. The van der Waals surface area contributed by atoms with Gasteiger partial charge in [0.1, 0.15) is 11.5 Å². The first-order valence-corrected chi connectivity index (χ1v) is 7.36. The largest absolute Gasteiger partial charge is 0.396 e. The van der Waals surface area contributed by atoms with Gasteiger partial charge in [-0.1, -0.05) is 13.8 Å². The van der Waals surface area contributed by atoms with Gasteiger partial charge in [0.15, 0.2) is 0 Å². The second-order valence-electron chi connectivity index (χ2n) is 6.35. The third kappa shape index (κ3) is 3.47. The van der Waals surface area contributed by atoms with Gasteiger partial charge in [-0.3, -0.25) is 14.3 Å². The van der Waals surface area contributed by atoms with Gasteiger partial charge < -0.3 is 16.2 Å². The lowest BCUT2D eigenvalue weighted by Gasteiger charge is -2.18. The van der Waals surface area contributed by atoms with Crippen LogP contribution in [0.2, 0.25) is 0 Å². The number of aromatic amines is 1. The van der Waals surface area contributed by atoms with Crippen LogP contribution in [0.5, 0.6) is 0 Å². The summed E-state index contributed by atoms with van der Waals surface area (Å²) in [6, 6.07) is 0. The highest BCUT2D eigenvalue weighted by Crippen LogP contribution is 2.48. The molecule has 1 saturated carbocycles. The summed E-state index contributed by atoms with van der Waals surface area (Å²) in [5.74, 6) is 0.421. The van der Waals surface area contributed by atoms with E-state index < -0.39 is 11.2 Å². The van der Waals surface area contributed by atoms with Crippen molar-refractivity contribution >= 4 is 11.5 Å².